The van der Waals surface area contributed by atoms with Crippen molar-refractivity contribution in [2.45, 2.75) is 55.7 Å². The van der Waals surface area contributed by atoms with Crippen molar-refractivity contribution in [3.05, 3.63) is 66.2 Å². The van der Waals surface area contributed by atoms with Gasteiger partial charge >= 0.3 is 0 Å². The van der Waals surface area contributed by atoms with Crippen LogP contribution in [-0.4, -0.2) is 11.9 Å². The van der Waals surface area contributed by atoms with Crippen LogP contribution in [0.3, 0.4) is 0 Å². The molecule has 0 unspecified atom stereocenters. The predicted octanol–water partition coefficient (Wildman–Crippen LogP) is 5.61. The highest BCUT2D eigenvalue weighted by Gasteiger charge is 2.23. The molecule has 2 nitrogen and oxygen atoms in total. The van der Waals surface area contributed by atoms with Gasteiger partial charge in [-0.2, -0.15) is 0 Å². The molecule has 128 valence electrons. The van der Waals surface area contributed by atoms with Crippen molar-refractivity contribution in [3.63, 3.8) is 0 Å². The molecule has 0 bridgehead atoms. The second kappa shape index (κ2) is 10.2. The number of carbonyl (C=O) groups excluding carboxylic acids is 1. The van der Waals surface area contributed by atoms with Crippen LogP contribution < -0.4 is 5.32 Å². The second-order valence-corrected chi connectivity index (χ2v) is 7.31. The van der Waals surface area contributed by atoms with Gasteiger partial charge in [0.2, 0.25) is 5.91 Å². The third-order valence-corrected chi connectivity index (χ3v) is 5.23. The maximum atomic E-state index is 12.9. The van der Waals surface area contributed by atoms with Crippen molar-refractivity contribution in [2.75, 3.05) is 0 Å². The summed E-state index contributed by atoms with van der Waals surface area (Å²) in [6, 6.07) is 20.4. The molecule has 0 aliphatic carbocycles. The Balaban J connectivity index is 2.06. The lowest BCUT2D eigenvalue weighted by Crippen LogP contribution is -2.35. The van der Waals surface area contributed by atoms with Crippen molar-refractivity contribution in [1.82, 2.24) is 5.32 Å². The third-order valence-electron chi connectivity index (χ3n) is 3.97. The summed E-state index contributed by atoms with van der Waals surface area (Å²) in [5.41, 5.74) is 1.05. The molecular formula is C21H27NOS. The first kappa shape index (κ1) is 18.6. The zero-order chi connectivity index (χ0) is 17.2. The van der Waals surface area contributed by atoms with Crippen molar-refractivity contribution < 1.29 is 4.79 Å². The van der Waals surface area contributed by atoms with Gasteiger partial charge in [0.1, 0.15) is 5.25 Å². The minimum absolute atomic E-state index is 0.0963. The number of benzene rings is 2. The molecule has 2 rings (SSSR count). The fraction of sp³-hybridized carbons (Fsp3) is 0.381. The van der Waals surface area contributed by atoms with Crippen LogP contribution in [0.25, 0.3) is 0 Å². The van der Waals surface area contributed by atoms with Gasteiger partial charge in [0.05, 0.1) is 0 Å². The number of rotatable bonds is 9. The Morgan fingerprint density at radius 3 is 2.25 bits per heavy atom. The molecular weight excluding hydrogens is 314 g/mol. The molecule has 0 aliphatic heterocycles. The smallest absolute Gasteiger partial charge is 0.238 e. The average Bonchev–Trinajstić information content (AvgIpc) is 2.61. The molecule has 2 atom stereocenters. The molecule has 2 aromatic carbocycles. The lowest BCUT2D eigenvalue weighted by molar-refractivity contribution is -0.121. The van der Waals surface area contributed by atoms with E-state index in [1.54, 1.807) is 11.8 Å². The summed E-state index contributed by atoms with van der Waals surface area (Å²) in [6.07, 6.45) is 4.63. The Morgan fingerprint density at radius 2 is 1.62 bits per heavy atom. The fourth-order valence-corrected chi connectivity index (χ4v) is 3.68. The number of nitrogens with one attached hydrogen (secondary N) is 1. The fourth-order valence-electron chi connectivity index (χ4n) is 2.63. The van der Waals surface area contributed by atoms with E-state index in [1.807, 2.05) is 48.5 Å². The SMILES string of the molecule is CCCCC[C@H](C)NC(=O)[C@H](Sc1ccccc1)c1ccccc1. The van der Waals surface area contributed by atoms with Gasteiger partial charge in [0, 0.05) is 10.9 Å². The van der Waals surface area contributed by atoms with Gasteiger partial charge in [0.25, 0.3) is 0 Å². The molecule has 0 heterocycles. The second-order valence-electron chi connectivity index (χ2n) is 6.13. The Hall–Kier alpha value is -1.74. The summed E-state index contributed by atoms with van der Waals surface area (Å²) in [5, 5.41) is 2.98. The van der Waals surface area contributed by atoms with E-state index in [0.717, 1.165) is 16.9 Å². The first-order valence-electron chi connectivity index (χ1n) is 8.77. The summed E-state index contributed by atoms with van der Waals surface area (Å²) < 4.78 is 0. The van der Waals surface area contributed by atoms with Crippen molar-refractivity contribution in [2.24, 2.45) is 0 Å². The van der Waals surface area contributed by atoms with Gasteiger partial charge in [-0.05, 0) is 31.0 Å². The van der Waals surface area contributed by atoms with Crippen molar-refractivity contribution in [1.29, 1.82) is 0 Å². The molecule has 3 heteroatoms. The molecule has 0 saturated heterocycles. The van der Waals surface area contributed by atoms with E-state index in [0.29, 0.717) is 0 Å². The lowest BCUT2D eigenvalue weighted by atomic mass is 10.1. The number of thioether (sulfide) groups is 1. The Labute approximate surface area is 150 Å². The molecule has 0 fully saturated rings. The number of amides is 1. The number of hydrogen-bond acceptors (Lipinski definition) is 2. The highest BCUT2D eigenvalue weighted by atomic mass is 32.2. The standard InChI is InChI=1S/C21H27NOS/c1-3-4-7-12-17(2)22-21(23)20(18-13-8-5-9-14-18)24-19-15-10-6-11-16-19/h5-6,8-11,13-17,20H,3-4,7,12H2,1-2H3,(H,22,23)/t17-,20+/m0/s1. The Bertz CT molecular complexity index is 600. The summed E-state index contributed by atoms with van der Waals surface area (Å²) in [5.74, 6) is 0.0963. The van der Waals surface area contributed by atoms with Gasteiger partial charge < -0.3 is 5.32 Å². The minimum atomic E-state index is -0.220. The zero-order valence-electron chi connectivity index (χ0n) is 14.6. The van der Waals surface area contributed by atoms with E-state index in [9.17, 15) is 4.79 Å². The lowest BCUT2D eigenvalue weighted by Gasteiger charge is -2.20. The van der Waals surface area contributed by atoms with Crippen LogP contribution in [0.5, 0.6) is 0 Å². The van der Waals surface area contributed by atoms with Gasteiger partial charge in [0.15, 0.2) is 0 Å². The molecule has 1 N–H and O–H groups in total. The Morgan fingerprint density at radius 1 is 1.00 bits per heavy atom. The van der Waals surface area contributed by atoms with Crippen LogP contribution in [0.4, 0.5) is 0 Å². The average molecular weight is 342 g/mol. The molecule has 2 aromatic rings. The maximum absolute atomic E-state index is 12.9. The molecule has 1 amide bonds. The van der Waals surface area contributed by atoms with Crippen LogP contribution >= 0.6 is 11.8 Å². The predicted molar refractivity (Wildman–Crippen MR) is 103 cm³/mol. The van der Waals surface area contributed by atoms with Gasteiger partial charge in [-0.15, -0.1) is 11.8 Å². The van der Waals surface area contributed by atoms with E-state index in [2.05, 4.69) is 31.3 Å². The highest BCUT2D eigenvalue weighted by molar-refractivity contribution is 8.00. The molecule has 0 aliphatic rings. The van der Waals surface area contributed by atoms with E-state index in [4.69, 9.17) is 0 Å². The summed E-state index contributed by atoms with van der Waals surface area (Å²) >= 11 is 1.61. The first-order chi connectivity index (χ1) is 11.7. The summed E-state index contributed by atoms with van der Waals surface area (Å²) in [4.78, 5) is 14.0. The van der Waals surface area contributed by atoms with Crippen LogP contribution in [0.15, 0.2) is 65.6 Å². The number of unbranched alkanes of at least 4 members (excludes halogenated alkanes) is 2. The molecule has 0 aromatic heterocycles. The zero-order valence-corrected chi connectivity index (χ0v) is 15.4. The number of carbonyl (C=O) groups is 1. The summed E-state index contributed by atoms with van der Waals surface area (Å²) in [7, 11) is 0. The minimum Gasteiger partial charge on any atom is -0.352 e. The quantitative estimate of drug-likeness (QED) is 0.475. The largest absolute Gasteiger partial charge is 0.352 e. The summed E-state index contributed by atoms with van der Waals surface area (Å²) in [6.45, 7) is 4.30. The molecule has 24 heavy (non-hydrogen) atoms. The maximum Gasteiger partial charge on any atom is 0.238 e. The first-order valence-corrected chi connectivity index (χ1v) is 9.65. The van der Waals surface area contributed by atoms with Crippen LogP contribution in [0.1, 0.15) is 50.3 Å². The van der Waals surface area contributed by atoms with Crippen LogP contribution in [-0.2, 0) is 4.79 Å². The van der Waals surface area contributed by atoms with E-state index in [1.165, 1.54) is 19.3 Å². The van der Waals surface area contributed by atoms with E-state index in [-0.39, 0.29) is 17.2 Å². The number of hydrogen-bond donors (Lipinski definition) is 1. The van der Waals surface area contributed by atoms with Gasteiger partial charge in [-0.1, -0.05) is 74.7 Å². The van der Waals surface area contributed by atoms with Crippen molar-refractivity contribution in [3.8, 4) is 0 Å². The molecule has 0 radical (unpaired) electrons. The third kappa shape index (κ3) is 6.04. The molecule has 0 saturated carbocycles. The molecule has 0 spiro atoms. The van der Waals surface area contributed by atoms with Crippen LogP contribution in [0, 0.1) is 0 Å². The van der Waals surface area contributed by atoms with E-state index < -0.39 is 0 Å². The monoisotopic (exact) mass is 341 g/mol. The normalized spacial score (nSPS) is 13.2. The highest BCUT2D eigenvalue weighted by Crippen LogP contribution is 2.35. The Kier molecular flexibility index (Phi) is 7.90. The van der Waals surface area contributed by atoms with E-state index >= 15 is 0 Å². The van der Waals surface area contributed by atoms with Gasteiger partial charge in [-0.25, -0.2) is 0 Å². The topological polar surface area (TPSA) is 29.1 Å². The van der Waals surface area contributed by atoms with Gasteiger partial charge in [-0.3, -0.25) is 4.79 Å². The van der Waals surface area contributed by atoms with Crippen LogP contribution in [0.2, 0.25) is 0 Å². The van der Waals surface area contributed by atoms with Crippen molar-refractivity contribution >= 4 is 17.7 Å².